The number of carbonyl (C=O) groups is 1. The molecule has 17 heavy (non-hydrogen) atoms. The highest BCUT2D eigenvalue weighted by Gasteiger charge is 2.28. The lowest BCUT2D eigenvalue weighted by atomic mass is 9.88. The summed E-state index contributed by atoms with van der Waals surface area (Å²) in [4.78, 5) is 11.9. The Morgan fingerprint density at radius 1 is 1.35 bits per heavy atom. The Labute approximate surface area is 106 Å². The molecule has 0 saturated carbocycles. The summed E-state index contributed by atoms with van der Waals surface area (Å²) in [5.41, 5.74) is 0.236. The van der Waals surface area contributed by atoms with Gasteiger partial charge in [-0.1, -0.05) is 27.7 Å². The molecule has 0 spiro atoms. The van der Waals surface area contributed by atoms with Gasteiger partial charge in [-0.25, -0.2) is 0 Å². The van der Waals surface area contributed by atoms with Gasteiger partial charge < -0.3 is 10.6 Å². The van der Waals surface area contributed by atoms with Gasteiger partial charge in [0.05, 0.1) is 0 Å². The molecule has 1 fully saturated rings. The van der Waals surface area contributed by atoms with E-state index in [1.807, 2.05) is 0 Å². The Balaban J connectivity index is 2.39. The first kappa shape index (κ1) is 14.5. The average molecular weight is 240 g/mol. The highest BCUT2D eigenvalue weighted by molar-refractivity contribution is 5.76. The second kappa shape index (κ2) is 5.85. The van der Waals surface area contributed by atoms with Crippen molar-refractivity contribution in [2.45, 2.75) is 66.0 Å². The van der Waals surface area contributed by atoms with Crippen molar-refractivity contribution in [1.29, 1.82) is 0 Å². The molecule has 3 heteroatoms. The summed E-state index contributed by atoms with van der Waals surface area (Å²) in [7, 11) is 0. The minimum absolute atomic E-state index is 0.201. The van der Waals surface area contributed by atoms with Crippen molar-refractivity contribution >= 4 is 5.91 Å². The van der Waals surface area contributed by atoms with Gasteiger partial charge in [0, 0.05) is 18.5 Å². The van der Waals surface area contributed by atoms with Gasteiger partial charge in [0.1, 0.15) is 0 Å². The maximum atomic E-state index is 11.9. The summed E-state index contributed by atoms with van der Waals surface area (Å²) in [6.07, 6.45) is 2.73. The van der Waals surface area contributed by atoms with Crippen molar-refractivity contribution in [3.63, 3.8) is 0 Å². The molecule has 3 unspecified atom stereocenters. The molecule has 0 aromatic heterocycles. The lowest BCUT2D eigenvalue weighted by molar-refractivity contribution is -0.123. The summed E-state index contributed by atoms with van der Waals surface area (Å²) in [6, 6.07) is 0.675. The lowest BCUT2D eigenvalue weighted by Gasteiger charge is -2.36. The van der Waals surface area contributed by atoms with E-state index in [0.29, 0.717) is 18.4 Å². The standard InChI is InChI=1S/C14H28N2O/c1-10-7-9-15-11(2)13(10)16-12(17)6-8-14(3,4)5/h10-11,13,15H,6-9H2,1-5H3,(H,16,17). The fourth-order valence-corrected chi connectivity index (χ4v) is 2.35. The predicted octanol–water partition coefficient (Wildman–Crippen LogP) is 2.32. The van der Waals surface area contributed by atoms with Crippen molar-refractivity contribution in [3.05, 3.63) is 0 Å². The van der Waals surface area contributed by atoms with Crippen LogP contribution in [0, 0.1) is 11.3 Å². The van der Waals surface area contributed by atoms with Gasteiger partial charge in [0.2, 0.25) is 5.91 Å². The van der Waals surface area contributed by atoms with Crippen LogP contribution in [0.15, 0.2) is 0 Å². The summed E-state index contributed by atoms with van der Waals surface area (Å²) in [5, 5.41) is 6.61. The van der Waals surface area contributed by atoms with Crippen molar-refractivity contribution in [1.82, 2.24) is 10.6 Å². The van der Waals surface area contributed by atoms with Crippen LogP contribution in [0.25, 0.3) is 0 Å². The maximum Gasteiger partial charge on any atom is 0.220 e. The van der Waals surface area contributed by atoms with Crippen LogP contribution in [0.2, 0.25) is 0 Å². The third-order valence-electron chi connectivity index (χ3n) is 3.65. The lowest BCUT2D eigenvalue weighted by Crippen LogP contribution is -2.55. The van der Waals surface area contributed by atoms with Gasteiger partial charge in [-0.2, -0.15) is 0 Å². The summed E-state index contributed by atoms with van der Waals surface area (Å²) in [6.45, 7) is 12.0. The van der Waals surface area contributed by atoms with E-state index in [9.17, 15) is 4.79 Å². The third kappa shape index (κ3) is 5.07. The van der Waals surface area contributed by atoms with Gasteiger partial charge in [-0.3, -0.25) is 4.79 Å². The monoisotopic (exact) mass is 240 g/mol. The minimum Gasteiger partial charge on any atom is -0.352 e. The maximum absolute atomic E-state index is 11.9. The van der Waals surface area contributed by atoms with E-state index in [2.05, 4.69) is 45.3 Å². The van der Waals surface area contributed by atoms with Gasteiger partial charge in [0.15, 0.2) is 0 Å². The summed E-state index contributed by atoms with van der Waals surface area (Å²) in [5.74, 6) is 0.775. The van der Waals surface area contributed by atoms with Crippen molar-refractivity contribution < 1.29 is 4.79 Å². The molecule has 0 aromatic rings. The molecule has 0 bridgehead atoms. The fraction of sp³-hybridized carbons (Fsp3) is 0.929. The molecule has 0 radical (unpaired) electrons. The third-order valence-corrected chi connectivity index (χ3v) is 3.65. The van der Waals surface area contributed by atoms with Crippen LogP contribution >= 0.6 is 0 Å². The molecule has 0 aliphatic carbocycles. The van der Waals surface area contributed by atoms with Crippen molar-refractivity contribution in [2.24, 2.45) is 11.3 Å². The van der Waals surface area contributed by atoms with Crippen LogP contribution in [-0.2, 0) is 4.79 Å². The topological polar surface area (TPSA) is 41.1 Å². The first-order valence-electron chi connectivity index (χ1n) is 6.82. The molecule has 1 aliphatic heterocycles. The molecule has 1 amide bonds. The normalized spacial score (nSPS) is 30.1. The zero-order chi connectivity index (χ0) is 13.1. The molecule has 0 aromatic carbocycles. The minimum atomic E-state index is 0.201. The molecule has 1 heterocycles. The highest BCUT2D eigenvalue weighted by Crippen LogP contribution is 2.21. The molecule has 3 atom stereocenters. The Morgan fingerprint density at radius 2 is 2.00 bits per heavy atom. The van der Waals surface area contributed by atoms with E-state index < -0.39 is 0 Å². The van der Waals surface area contributed by atoms with E-state index in [1.165, 1.54) is 0 Å². The van der Waals surface area contributed by atoms with Gasteiger partial charge in [0.25, 0.3) is 0 Å². The Hall–Kier alpha value is -0.570. The zero-order valence-electron chi connectivity index (χ0n) is 12.0. The van der Waals surface area contributed by atoms with E-state index in [0.717, 1.165) is 19.4 Å². The van der Waals surface area contributed by atoms with E-state index in [1.54, 1.807) is 0 Å². The average Bonchev–Trinajstić information content (AvgIpc) is 2.20. The molecule has 1 aliphatic rings. The summed E-state index contributed by atoms with van der Waals surface area (Å²) < 4.78 is 0. The molecular weight excluding hydrogens is 212 g/mol. The number of amides is 1. The number of hydrogen-bond acceptors (Lipinski definition) is 2. The SMILES string of the molecule is CC1CCNC(C)C1NC(=O)CCC(C)(C)C. The van der Waals surface area contributed by atoms with Gasteiger partial charge in [-0.05, 0) is 37.6 Å². The quantitative estimate of drug-likeness (QED) is 0.795. The number of piperidine rings is 1. The van der Waals surface area contributed by atoms with Crippen LogP contribution in [0.3, 0.4) is 0 Å². The Kier molecular flexibility index (Phi) is 4.99. The van der Waals surface area contributed by atoms with Crippen LogP contribution in [0.1, 0.15) is 53.9 Å². The van der Waals surface area contributed by atoms with E-state index in [-0.39, 0.29) is 17.4 Å². The molecule has 1 rings (SSSR count). The highest BCUT2D eigenvalue weighted by atomic mass is 16.1. The van der Waals surface area contributed by atoms with Crippen LogP contribution < -0.4 is 10.6 Å². The first-order chi connectivity index (χ1) is 7.79. The van der Waals surface area contributed by atoms with Gasteiger partial charge >= 0.3 is 0 Å². The van der Waals surface area contributed by atoms with Crippen LogP contribution in [0.5, 0.6) is 0 Å². The number of hydrogen-bond donors (Lipinski definition) is 2. The Bertz CT molecular complexity index is 247. The van der Waals surface area contributed by atoms with Crippen molar-refractivity contribution in [2.75, 3.05) is 6.54 Å². The van der Waals surface area contributed by atoms with Crippen LogP contribution in [-0.4, -0.2) is 24.5 Å². The second-order valence-electron chi connectivity index (χ2n) is 6.66. The second-order valence-corrected chi connectivity index (χ2v) is 6.66. The number of carbonyl (C=O) groups excluding carboxylic acids is 1. The molecular formula is C14H28N2O. The van der Waals surface area contributed by atoms with E-state index in [4.69, 9.17) is 0 Å². The zero-order valence-corrected chi connectivity index (χ0v) is 12.0. The summed E-state index contributed by atoms with van der Waals surface area (Å²) >= 11 is 0. The van der Waals surface area contributed by atoms with Gasteiger partial charge in [-0.15, -0.1) is 0 Å². The smallest absolute Gasteiger partial charge is 0.220 e. The first-order valence-corrected chi connectivity index (χ1v) is 6.82. The molecule has 3 nitrogen and oxygen atoms in total. The van der Waals surface area contributed by atoms with Crippen molar-refractivity contribution in [3.8, 4) is 0 Å². The van der Waals surface area contributed by atoms with E-state index >= 15 is 0 Å². The molecule has 2 N–H and O–H groups in total. The molecule has 1 saturated heterocycles. The predicted molar refractivity (Wildman–Crippen MR) is 71.9 cm³/mol. The molecule has 100 valence electrons. The fourth-order valence-electron chi connectivity index (χ4n) is 2.35. The largest absolute Gasteiger partial charge is 0.352 e. The number of nitrogens with one attached hydrogen (secondary N) is 2. The van der Waals surface area contributed by atoms with Crippen LogP contribution in [0.4, 0.5) is 0 Å². The number of rotatable bonds is 3. The Morgan fingerprint density at radius 3 is 2.53 bits per heavy atom.